The van der Waals surface area contributed by atoms with Gasteiger partial charge in [0.25, 0.3) is 0 Å². The van der Waals surface area contributed by atoms with Crippen LogP contribution in [0, 0.1) is 0 Å². The second kappa shape index (κ2) is 3.98. The highest BCUT2D eigenvalue weighted by Gasteiger charge is 2.43. The first-order chi connectivity index (χ1) is 8.16. The Morgan fingerprint density at radius 3 is 2.41 bits per heavy atom. The molecular weight excluding hydrogens is 218 g/mol. The SMILES string of the molecule is CN1CCC(N2CCC(NC3CC3)C2=O)C1=O. The van der Waals surface area contributed by atoms with Crippen LogP contribution < -0.4 is 5.32 Å². The average Bonchev–Trinajstić information content (AvgIpc) is 2.99. The molecule has 94 valence electrons. The summed E-state index contributed by atoms with van der Waals surface area (Å²) < 4.78 is 0. The average molecular weight is 237 g/mol. The zero-order valence-corrected chi connectivity index (χ0v) is 10.2. The molecule has 17 heavy (non-hydrogen) atoms. The van der Waals surface area contributed by atoms with Crippen molar-refractivity contribution in [1.82, 2.24) is 15.1 Å². The van der Waals surface area contributed by atoms with Gasteiger partial charge < -0.3 is 15.1 Å². The highest BCUT2D eigenvalue weighted by Crippen LogP contribution is 2.25. The van der Waals surface area contributed by atoms with E-state index < -0.39 is 0 Å². The molecule has 1 saturated carbocycles. The standard InChI is InChI=1S/C12H19N3O2/c1-14-6-5-10(12(14)17)15-7-4-9(11(15)16)13-8-2-3-8/h8-10,13H,2-7H2,1H3. The highest BCUT2D eigenvalue weighted by molar-refractivity contribution is 5.92. The Hall–Kier alpha value is -1.10. The van der Waals surface area contributed by atoms with E-state index in [1.54, 1.807) is 9.80 Å². The third kappa shape index (κ3) is 1.92. The molecule has 1 aliphatic carbocycles. The number of amides is 2. The zero-order valence-electron chi connectivity index (χ0n) is 10.2. The van der Waals surface area contributed by atoms with E-state index in [-0.39, 0.29) is 23.9 Å². The monoisotopic (exact) mass is 237 g/mol. The summed E-state index contributed by atoms with van der Waals surface area (Å²) in [4.78, 5) is 27.6. The second-order valence-electron chi connectivity index (χ2n) is 5.38. The van der Waals surface area contributed by atoms with Crippen LogP contribution in [0.1, 0.15) is 25.7 Å². The maximum Gasteiger partial charge on any atom is 0.245 e. The van der Waals surface area contributed by atoms with Crippen LogP contribution in [0.5, 0.6) is 0 Å². The predicted molar refractivity (Wildman–Crippen MR) is 62.3 cm³/mol. The number of likely N-dealkylation sites (N-methyl/N-ethyl adjacent to an activating group) is 1. The molecule has 0 aromatic carbocycles. The number of carbonyl (C=O) groups excluding carboxylic acids is 2. The normalized spacial score (nSPS) is 33.9. The van der Waals surface area contributed by atoms with Crippen molar-refractivity contribution in [3.05, 3.63) is 0 Å². The van der Waals surface area contributed by atoms with Crippen LogP contribution in [0.25, 0.3) is 0 Å². The molecule has 2 atom stereocenters. The van der Waals surface area contributed by atoms with Gasteiger partial charge in [-0.25, -0.2) is 0 Å². The lowest BCUT2D eigenvalue weighted by atomic mass is 10.2. The van der Waals surface area contributed by atoms with Crippen molar-refractivity contribution in [2.24, 2.45) is 0 Å². The molecule has 3 aliphatic rings. The summed E-state index contributed by atoms with van der Waals surface area (Å²) in [5.74, 6) is 0.232. The summed E-state index contributed by atoms with van der Waals surface area (Å²) in [6, 6.07) is 0.311. The van der Waals surface area contributed by atoms with Crippen LogP contribution >= 0.6 is 0 Å². The molecule has 5 heteroatoms. The third-order valence-electron chi connectivity index (χ3n) is 4.03. The van der Waals surface area contributed by atoms with Gasteiger partial charge in [-0.3, -0.25) is 9.59 Å². The van der Waals surface area contributed by atoms with Crippen molar-refractivity contribution in [3.63, 3.8) is 0 Å². The van der Waals surface area contributed by atoms with E-state index in [0.717, 1.165) is 25.9 Å². The minimum absolute atomic E-state index is 0.0405. The molecule has 2 heterocycles. The van der Waals surface area contributed by atoms with Gasteiger partial charge in [-0.2, -0.15) is 0 Å². The first kappa shape index (κ1) is 11.0. The third-order valence-corrected chi connectivity index (χ3v) is 4.03. The molecule has 3 rings (SSSR count). The Kier molecular flexibility index (Phi) is 2.58. The summed E-state index contributed by atoms with van der Waals surface area (Å²) in [6.45, 7) is 1.50. The van der Waals surface area contributed by atoms with Crippen LogP contribution in [0.4, 0.5) is 0 Å². The van der Waals surface area contributed by atoms with Crippen molar-refractivity contribution >= 4 is 11.8 Å². The molecule has 0 bridgehead atoms. The van der Waals surface area contributed by atoms with Crippen LogP contribution in [0.3, 0.4) is 0 Å². The van der Waals surface area contributed by atoms with Crippen LogP contribution in [-0.4, -0.2) is 59.9 Å². The van der Waals surface area contributed by atoms with Crippen molar-refractivity contribution in [3.8, 4) is 0 Å². The second-order valence-corrected chi connectivity index (χ2v) is 5.38. The lowest BCUT2D eigenvalue weighted by molar-refractivity contribution is -0.139. The van der Waals surface area contributed by atoms with Crippen molar-refractivity contribution < 1.29 is 9.59 Å². The van der Waals surface area contributed by atoms with Gasteiger partial charge in [-0.1, -0.05) is 0 Å². The largest absolute Gasteiger partial charge is 0.344 e. The quantitative estimate of drug-likeness (QED) is 0.724. The molecule has 3 fully saturated rings. The van der Waals surface area contributed by atoms with Gasteiger partial charge in [0.05, 0.1) is 6.04 Å². The van der Waals surface area contributed by atoms with Crippen molar-refractivity contribution in [2.75, 3.05) is 20.1 Å². The van der Waals surface area contributed by atoms with E-state index in [1.165, 1.54) is 12.8 Å². The lowest BCUT2D eigenvalue weighted by Crippen LogP contribution is -2.46. The molecule has 0 aromatic heterocycles. The van der Waals surface area contributed by atoms with E-state index in [1.807, 2.05) is 7.05 Å². The molecule has 2 unspecified atom stereocenters. The molecule has 0 aromatic rings. The smallest absolute Gasteiger partial charge is 0.245 e. The zero-order chi connectivity index (χ0) is 12.0. The van der Waals surface area contributed by atoms with E-state index >= 15 is 0 Å². The predicted octanol–water partition coefficient (Wildman–Crippen LogP) is -0.430. The van der Waals surface area contributed by atoms with Gasteiger partial charge in [0, 0.05) is 26.2 Å². The van der Waals surface area contributed by atoms with Crippen LogP contribution in [0.2, 0.25) is 0 Å². The molecule has 2 saturated heterocycles. The van der Waals surface area contributed by atoms with E-state index in [0.29, 0.717) is 6.04 Å². The summed E-state index contributed by atoms with van der Waals surface area (Å²) in [6.07, 6.45) is 4.02. The Morgan fingerprint density at radius 1 is 1.06 bits per heavy atom. The first-order valence-electron chi connectivity index (χ1n) is 6.48. The van der Waals surface area contributed by atoms with Crippen LogP contribution in [-0.2, 0) is 9.59 Å². The molecular formula is C12H19N3O2. The maximum atomic E-state index is 12.2. The van der Waals surface area contributed by atoms with Gasteiger partial charge in [0.1, 0.15) is 6.04 Å². The fourth-order valence-corrected chi connectivity index (χ4v) is 2.79. The van der Waals surface area contributed by atoms with Gasteiger partial charge in [0.2, 0.25) is 11.8 Å². The van der Waals surface area contributed by atoms with Gasteiger partial charge in [-0.15, -0.1) is 0 Å². The molecule has 0 spiro atoms. The Balaban J connectivity index is 1.64. The molecule has 2 amide bonds. The van der Waals surface area contributed by atoms with Crippen molar-refractivity contribution in [2.45, 2.75) is 43.8 Å². The van der Waals surface area contributed by atoms with Crippen LogP contribution in [0.15, 0.2) is 0 Å². The fourth-order valence-electron chi connectivity index (χ4n) is 2.79. The summed E-state index contributed by atoms with van der Waals surface area (Å²) >= 11 is 0. The van der Waals surface area contributed by atoms with E-state index in [4.69, 9.17) is 0 Å². The van der Waals surface area contributed by atoms with Gasteiger partial charge in [0.15, 0.2) is 0 Å². The number of carbonyl (C=O) groups is 2. The Bertz CT molecular complexity index is 354. The molecule has 0 radical (unpaired) electrons. The minimum atomic E-state index is -0.196. The summed E-state index contributed by atoms with van der Waals surface area (Å²) in [5.41, 5.74) is 0. The van der Waals surface area contributed by atoms with E-state index in [9.17, 15) is 9.59 Å². The Labute approximate surface area is 101 Å². The summed E-state index contributed by atoms with van der Waals surface area (Å²) in [5, 5.41) is 3.37. The number of hydrogen-bond acceptors (Lipinski definition) is 3. The van der Waals surface area contributed by atoms with Gasteiger partial charge >= 0.3 is 0 Å². The number of rotatable bonds is 3. The van der Waals surface area contributed by atoms with Gasteiger partial charge in [-0.05, 0) is 25.7 Å². The minimum Gasteiger partial charge on any atom is -0.344 e. The number of nitrogens with zero attached hydrogens (tertiary/aromatic N) is 2. The highest BCUT2D eigenvalue weighted by atomic mass is 16.2. The topological polar surface area (TPSA) is 52.6 Å². The summed E-state index contributed by atoms with van der Waals surface area (Å²) in [7, 11) is 1.81. The first-order valence-corrected chi connectivity index (χ1v) is 6.48. The fraction of sp³-hybridized carbons (Fsp3) is 0.833. The lowest BCUT2D eigenvalue weighted by Gasteiger charge is -2.23. The molecule has 1 N–H and O–H groups in total. The molecule has 5 nitrogen and oxygen atoms in total. The number of likely N-dealkylation sites (tertiary alicyclic amines) is 2. The number of hydrogen-bond donors (Lipinski definition) is 1. The molecule has 2 aliphatic heterocycles. The number of nitrogens with one attached hydrogen (secondary N) is 1. The Morgan fingerprint density at radius 2 is 1.82 bits per heavy atom. The van der Waals surface area contributed by atoms with E-state index in [2.05, 4.69) is 5.32 Å². The van der Waals surface area contributed by atoms with Crippen molar-refractivity contribution in [1.29, 1.82) is 0 Å². The maximum absolute atomic E-state index is 12.2.